The largest absolute Gasteiger partial charge is 0.461 e. The van der Waals surface area contributed by atoms with Crippen LogP contribution in [0.4, 0.5) is 0 Å². The van der Waals surface area contributed by atoms with Gasteiger partial charge in [0.2, 0.25) is 0 Å². The molecule has 2 nitrogen and oxygen atoms in total. The summed E-state index contributed by atoms with van der Waals surface area (Å²) in [6.07, 6.45) is 0.807. The van der Waals surface area contributed by atoms with E-state index in [9.17, 15) is 0 Å². The summed E-state index contributed by atoms with van der Waals surface area (Å²) in [5, 5.41) is 0. The van der Waals surface area contributed by atoms with Gasteiger partial charge in [0.15, 0.2) is 0 Å². The van der Waals surface area contributed by atoms with Crippen LogP contribution in [-0.4, -0.2) is 6.54 Å². The molecular weight excluding hydrogens is 150 g/mol. The average Bonchev–Trinajstić information content (AvgIpc) is 2.51. The minimum Gasteiger partial charge on any atom is -0.461 e. The highest BCUT2D eigenvalue weighted by atomic mass is 16.3. The van der Waals surface area contributed by atoms with Crippen molar-refractivity contribution in [3.63, 3.8) is 0 Å². The third-order valence-corrected chi connectivity index (χ3v) is 1.89. The molecule has 0 aromatic carbocycles. The number of hydrogen-bond donors (Lipinski definition) is 1. The van der Waals surface area contributed by atoms with Gasteiger partial charge in [-0.2, -0.15) is 0 Å². The first-order valence-electron chi connectivity index (χ1n) is 4.07. The lowest BCUT2D eigenvalue weighted by Crippen LogP contribution is -2.02. The van der Waals surface area contributed by atoms with Gasteiger partial charge in [-0.25, -0.2) is 0 Å². The Morgan fingerprint density at radius 2 is 2.08 bits per heavy atom. The molecule has 0 aromatic rings. The summed E-state index contributed by atoms with van der Waals surface area (Å²) >= 11 is 0. The van der Waals surface area contributed by atoms with Crippen molar-refractivity contribution in [3.8, 4) is 11.3 Å². The van der Waals surface area contributed by atoms with Crippen LogP contribution < -0.4 is 5.73 Å². The lowest BCUT2D eigenvalue weighted by molar-refractivity contribution is 0.508. The third kappa shape index (κ3) is 1.21. The van der Waals surface area contributed by atoms with E-state index in [1.807, 2.05) is 24.3 Å². The van der Waals surface area contributed by atoms with E-state index in [1.54, 1.807) is 0 Å². The average molecular weight is 161 g/mol. The Morgan fingerprint density at radius 3 is 2.92 bits per heavy atom. The van der Waals surface area contributed by atoms with Gasteiger partial charge in [-0.1, -0.05) is 12.1 Å². The molecule has 2 N–H and O–H groups in total. The second kappa shape index (κ2) is 2.99. The molecule has 0 amide bonds. The molecule has 0 unspecified atom stereocenters. The highest BCUT2D eigenvalue weighted by molar-refractivity contribution is 5.59. The van der Waals surface area contributed by atoms with Gasteiger partial charge in [0.25, 0.3) is 0 Å². The molecule has 0 bridgehead atoms. The summed E-state index contributed by atoms with van der Waals surface area (Å²) in [5.74, 6) is 1.90. The molecule has 1 heterocycles. The minimum absolute atomic E-state index is 0.635. The van der Waals surface area contributed by atoms with Crippen molar-refractivity contribution in [2.45, 2.75) is 6.42 Å². The Morgan fingerprint density at radius 1 is 1.17 bits per heavy atom. The van der Waals surface area contributed by atoms with E-state index in [0.717, 1.165) is 23.5 Å². The lowest BCUT2D eigenvalue weighted by atomic mass is 10.2. The molecule has 2 heteroatoms. The molecule has 2 aliphatic rings. The van der Waals surface area contributed by atoms with Crippen LogP contribution in [0.5, 0.6) is 0 Å². The van der Waals surface area contributed by atoms with Crippen molar-refractivity contribution in [1.29, 1.82) is 0 Å². The highest BCUT2D eigenvalue weighted by Crippen LogP contribution is 2.23. The Balaban J connectivity index is 2.40. The number of nitrogens with two attached hydrogens (primary N) is 1. The van der Waals surface area contributed by atoms with Gasteiger partial charge in [0.1, 0.15) is 11.5 Å². The van der Waals surface area contributed by atoms with E-state index in [4.69, 9.17) is 10.2 Å². The van der Waals surface area contributed by atoms with Crippen molar-refractivity contribution >= 4 is 0 Å². The van der Waals surface area contributed by atoms with E-state index >= 15 is 0 Å². The number of fused-ring (bicyclic) bond motifs is 1. The molecular formula is C10H11NO. The van der Waals surface area contributed by atoms with Gasteiger partial charge in [0.05, 0.1) is 0 Å². The second-order valence-electron chi connectivity index (χ2n) is 2.79. The summed E-state index contributed by atoms with van der Waals surface area (Å²) in [7, 11) is 0. The van der Waals surface area contributed by atoms with Crippen molar-refractivity contribution in [3.05, 3.63) is 36.1 Å². The van der Waals surface area contributed by atoms with Crippen LogP contribution >= 0.6 is 0 Å². The SMILES string of the molecule is NCCc1ccc2cccc-2o1. The monoisotopic (exact) mass is 161 g/mol. The van der Waals surface area contributed by atoms with Crippen LogP contribution in [0.3, 0.4) is 0 Å². The summed E-state index contributed by atoms with van der Waals surface area (Å²) < 4.78 is 5.56. The normalized spacial score (nSPS) is 10.8. The van der Waals surface area contributed by atoms with Crippen LogP contribution in [0.1, 0.15) is 5.76 Å². The molecule has 0 fully saturated rings. The molecule has 0 radical (unpaired) electrons. The molecule has 0 atom stereocenters. The summed E-state index contributed by atoms with van der Waals surface area (Å²) in [4.78, 5) is 0. The zero-order valence-corrected chi connectivity index (χ0v) is 6.79. The topological polar surface area (TPSA) is 39.2 Å². The smallest absolute Gasteiger partial charge is 0.134 e. The van der Waals surface area contributed by atoms with Gasteiger partial charge < -0.3 is 10.2 Å². The van der Waals surface area contributed by atoms with Crippen LogP contribution in [0.25, 0.3) is 11.3 Å². The van der Waals surface area contributed by atoms with E-state index < -0.39 is 0 Å². The number of hydrogen-bond acceptors (Lipinski definition) is 2. The lowest BCUT2D eigenvalue weighted by Gasteiger charge is -2.01. The van der Waals surface area contributed by atoms with Crippen LogP contribution in [0, 0.1) is 0 Å². The Kier molecular flexibility index (Phi) is 1.84. The van der Waals surface area contributed by atoms with E-state index in [1.165, 1.54) is 0 Å². The van der Waals surface area contributed by atoms with E-state index in [0.29, 0.717) is 6.54 Å². The first-order valence-corrected chi connectivity index (χ1v) is 4.07. The van der Waals surface area contributed by atoms with Gasteiger partial charge in [-0.15, -0.1) is 0 Å². The quantitative estimate of drug-likeness (QED) is 0.730. The van der Waals surface area contributed by atoms with Crippen LogP contribution in [-0.2, 0) is 6.42 Å². The molecule has 0 aromatic heterocycles. The molecule has 62 valence electrons. The third-order valence-electron chi connectivity index (χ3n) is 1.89. The maximum absolute atomic E-state index is 5.56. The molecule has 0 saturated carbocycles. The Hall–Kier alpha value is -1.28. The molecule has 1 aliphatic heterocycles. The van der Waals surface area contributed by atoms with Crippen LogP contribution in [0.15, 0.2) is 34.7 Å². The summed E-state index contributed by atoms with van der Waals surface area (Å²) in [5.41, 5.74) is 6.57. The zero-order valence-electron chi connectivity index (χ0n) is 6.79. The van der Waals surface area contributed by atoms with Gasteiger partial charge in [0, 0.05) is 12.0 Å². The fourth-order valence-electron chi connectivity index (χ4n) is 1.28. The first kappa shape index (κ1) is 7.37. The van der Waals surface area contributed by atoms with Crippen LogP contribution in [0.2, 0.25) is 0 Å². The fraction of sp³-hybridized carbons (Fsp3) is 0.200. The predicted molar refractivity (Wildman–Crippen MR) is 48.1 cm³/mol. The second-order valence-corrected chi connectivity index (χ2v) is 2.79. The Labute approximate surface area is 71.3 Å². The molecule has 0 saturated heterocycles. The van der Waals surface area contributed by atoms with Gasteiger partial charge in [-0.3, -0.25) is 0 Å². The van der Waals surface area contributed by atoms with E-state index in [-0.39, 0.29) is 0 Å². The maximum atomic E-state index is 5.56. The molecule has 0 spiro atoms. The zero-order chi connectivity index (χ0) is 8.39. The van der Waals surface area contributed by atoms with Gasteiger partial charge >= 0.3 is 0 Å². The Bertz CT molecular complexity index is 340. The fourth-order valence-corrected chi connectivity index (χ4v) is 1.28. The molecule has 2 rings (SSSR count). The standard InChI is InChI=1S/C10H11NO/c11-7-6-9-5-4-8-2-1-3-10(8)12-9/h1-5H,6-7,11H2. The molecule has 1 aliphatic carbocycles. The maximum Gasteiger partial charge on any atom is 0.134 e. The predicted octanol–water partition coefficient (Wildman–Crippen LogP) is 1.89. The minimum atomic E-state index is 0.635. The van der Waals surface area contributed by atoms with Crippen molar-refractivity contribution in [1.82, 2.24) is 0 Å². The van der Waals surface area contributed by atoms with E-state index in [2.05, 4.69) is 6.07 Å². The molecule has 12 heavy (non-hydrogen) atoms. The van der Waals surface area contributed by atoms with Crippen molar-refractivity contribution in [2.75, 3.05) is 6.54 Å². The van der Waals surface area contributed by atoms with Crippen molar-refractivity contribution < 1.29 is 4.42 Å². The van der Waals surface area contributed by atoms with Crippen molar-refractivity contribution in [2.24, 2.45) is 5.73 Å². The van der Waals surface area contributed by atoms with Gasteiger partial charge in [-0.05, 0) is 24.7 Å². The highest BCUT2D eigenvalue weighted by Gasteiger charge is 2.04. The summed E-state index contributed by atoms with van der Waals surface area (Å²) in [6, 6.07) is 10.0. The number of rotatable bonds is 2. The summed E-state index contributed by atoms with van der Waals surface area (Å²) in [6.45, 7) is 0.635. The first-order chi connectivity index (χ1) is 5.90.